The molecule has 0 radical (unpaired) electrons. The zero-order chi connectivity index (χ0) is 25.3. The monoisotopic (exact) mass is 480 g/mol. The fraction of sp³-hybridized carbons (Fsp3) is 0.538. The van der Waals surface area contributed by atoms with Crippen LogP contribution in [-0.2, 0) is 4.79 Å². The SMILES string of the molecule is COc1cc(C(=O)NC(C)C)ccc1Nc1ncc2c(n1)N(C1CCCC1)CC(C)(C)C(=O)N2C. The summed E-state index contributed by atoms with van der Waals surface area (Å²) in [5, 5.41) is 6.14. The van der Waals surface area contributed by atoms with Gasteiger partial charge in [-0.3, -0.25) is 9.59 Å². The molecular formula is C26H36N6O3. The third-order valence-electron chi connectivity index (χ3n) is 6.73. The van der Waals surface area contributed by atoms with Crippen LogP contribution in [-0.4, -0.2) is 54.6 Å². The van der Waals surface area contributed by atoms with Crippen LogP contribution in [0.3, 0.4) is 0 Å². The van der Waals surface area contributed by atoms with Gasteiger partial charge in [0.05, 0.1) is 24.4 Å². The quantitative estimate of drug-likeness (QED) is 0.642. The normalized spacial score (nSPS) is 17.9. The summed E-state index contributed by atoms with van der Waals surface area (Å²) in [4.78, 5) is 39.0. The van der Waals surface area contributed by atoms with Gasteiger partial charge in [0.15, 0.2) is 5.82 Å². The fourth-order valence-corrected chi connectivity index (χ4v) is 4.93. The van der Waals surface area contributed by atoms with Crippen molar-refractivity contribution in [2.45, 2.75) is 65.5 Å². The van der Waals surface area contributed by atoms with E-state index in [4.69, 9.17) is 9.72 Å². The summed E-state index contributed by atoms with van der Waals surface area (Å²) in [6.45, 7) is 8.43. The van der Waals surface area contributed by atoms with Crippen LogP contribution in [0.5, 0.6) is 5.75 Å². The number of hydrogen-bond donors (Lipinski definition) is 2. The van der Waals surface area contributed by atoms with Gasteiger partial charge in [-0.05, 0) is 58.7 Å². The Morgan fingerprint density at radius 3 is 2.60 bits per heavy atom. The number of rotatable bonds is 6. The van der Waals surface area contributed by atoms with E-state index in [-0.39, 0.29) is 17.9 Å². The van der Waals surface area contributed by atoms with Gasteiger partial charge in [-0.2, -0.15) is 4.98 Å². The van der Waals surface area contributed by atoms with Gasteiger partial charge in [-0.25, -0.2) is 4.98 Å². The number of carbonyl (C=O) groups excluding carboxylic acids is 2. The van der Waals surface area contributed by atoms with E-state index in [9.17, 15) is 9.59 Å². The van der Waals surface area contributed by atoms with Crippen molar-refractivity contribution in [3.63, 3.8) is 0 Å². The predicted octanol–water partition coefficient (Wildman–Crippen LogP) is 4.12. The number of nitrogens with one attached hydrogen (secondary N) is 2. The predicted molar refractivity (Wildman–Crippen MR) is 138 cm³/mol. The number of anilines is 4. The number of carbonyl (C=O) groups is 2. The Bertz CT molecular complexity index is 1110. The summed E-state index contributed by atoms with van der Waals surface area (Å²) in [7, 11) is 3.36. The first-order chi connectivity index (χ1) is 16.6. The van der Waals surface area contributed by atoms with Crippen molar-refractivity contribution in [2.75, 3.05) is 35.8 Å². The van der Waals surface area contributed by atoms with Gasteiger partial charge in [0.2, 0.25) is 11.9 Å². The van der Waals surface area contributed by atoms with Crippen LogP contribution >= 0.6 is 0 Å². The van der Waals surface area contributed by atoms with Gasteiger partial charge >= 0.3 is 0 Å². The third kappa shape index (κ3) is 5.04. The van der Waals surface area contributed by atoms with Crippen molar-refractivity contribution in [1.82, 2.24) is 15.3 Å². The molecule has 9 heteroatoms. The first-order valence-electron chi connectivity index (χ1n) is 12.3. The maximum absolute atomic E-state index is 13.2. The van der Waals surface area contributed by atoms with Gasteiger partial charge in [-0.15, -0.1) is 0 Å². The van der Waals surface area contributed by atoms with Crippen molar-refractivity contribution < 1.29 is 14.3 Å². The molecule has 4 rings (SSSR count). The van der Waals surface area contributed by atoms with Crippen LogP contribution in [0.25, 0.3) is 0 Å². The van der Waals surface area contributed by atoms with E-state index >= 15 is 0 Å². The summed E-state index contributed by atoms with van der Waals surface area (Å²) in [6.07, 6.45) is 6.26. The van der Waals surface area contributed by atoms with E-state index in [0.29, 0.717) is 41.2 Å². The van der Waals surface area contributed by atoms with Gasteiger partial charge in [0.1, 0.15) is 11.4 Å². The van der Waals surface area contributed by atoms with E-state index in [2.05, 4.69) is 20.5 Å². The van der Waals surface area contributed by atoms with Crippen LogP contribution in [0.1, 0.15) is 63.7 Å². The number of methoxy groups -OCH3 is 1. The highest BCUT2D eigenvalue weighted by atomic mass is 16.5. The number of fused-ring (bicyclic) bond motifs is 1. The maximum atomic E-state index is 13.2. The molecule has 1 aliphatic heterocycles. The molecule has 2 amide bonds. The second-order valence-electron chi connectivity index (χ2n) is 10.4. The molecule has 2 aliphatic rings. The number of ether oxygens (including phenoxy) is 1. The average molecular weight is 481 g/mol. The number of aromatic nitrogens is 2. The summed E-state index contributed by atoms with van der Waals surface area (Å²) >= 11 is 0. The van der Waals surface area contributed by atoms with Crippen molar-refractivity contribution >= 4 is 35.0 Å². The van der Waals surface area contributed by atoms with Crippen LogP contribution in [0.15, 0.2) is 24.4 Å². The van der Waals surface area contributed by atoms with Crippen molar-refractivity contribution in [3.05, 3.63) is 30.0 Å². The molecule has 0 spiro atoms. The molecule has 188 valence electrons. The molecule has 1 aromatic heterocycles. The summed E-state index contributed by atoms with van der Waals surface area (Å²) in [5.41, 5.74) is 1.34. The number of benzene rings is 1. The Labute approximate surface area is 207 Å². The third-order valence-corrected chi connectivity index (χ3v) is 6.73. The van der Waals surface area contributed by atoms with Gasteiger partial charge < -0.3 is 25.2 Å². The number of nitrogens with zero attached hydrogens (tertiary/aromatic N) is 4. The Balaban J connectivity index is 1.68. The van der Waals surface area contributed by atoms with Gasteiger partial charge in [0, 0.05) is 31.2 Å². The second kappa shape index (κ2) is 9.71. The Morgan fingerprint density at radius 1 is 1.23 bits per heavy atom. The lowest BCUT2D eigenvalue weighted by atomic mass is 9.91. The molecule has 1 saturated carbocycles. The summed E-state index contributed by atoms with van der Waals surface area (Å²) < 4.78 is 5.55. The van der Waals surface area contributed by atoms with Crippen LogP contribution in [0, 0.1) is 5.41 Å². The minimum Gasteiger partial charge on any atom is -0.495 e. The lowest BCUT2D eigenvalue weighted by Gasteiger charge is -2.34. The van der Waals surface area contributed by atoms with Crippen molar-refractivity contribution in [2.24, 2.45) is 5.41 Å². The standard InChI is InChI=1S/C26H36N6O3/c1-16(2)28-23(33)17-11-12-19(21(13-17)35-6)29-25-27-14-20-22(30-25)32(18-9-7-8-10-18)15-26(3,4)24(34)31(20)5/h11-14,16,18H,7-10,15H2,1-6H3,(H,28,33)(H,27,29,30). The molecule has 1 aromatic carbocycles. The highest BCUT2D eigenvalue weighted by Gasteiger charge is 2.41. The zero-order valence-electron chi connectivity index (χ0n) is 21.5. The number of hydrogen-bond acceptors (Lipinski definition) is 7. The Kier molecular flexibility index (Phi) is 6.87. The van der Waals surface area contributed by atoms with E-state index in [1.54, 1.807) is 43.5 Å². The summed E-state index contributed by atoms with van der Waals surface area (Å²) in [6, 6.07) is 5.62. The smallest absolute Gasteiger partial charge is 0.251 e. The molecule has 1 fully saturated rings. The van der Waals surface area contributed by atoms with Crippen LogP contribution in [0.4, 0.5) is 23.1 Å². The fourth-order valence-electron chi connectivity index (χ4n) is 4.93. The minimum absolute atomic E-state index is 0.0390. The largest absolute Gasteiger partial charge is 0.495 e. The van der Waals surface area contributed by atoms with Gasteiger partial charge in [0.25, 0.3) is 5.91 Å². The number of amides is 2. The molecule has 0 unspecified atom stereocenters. The molecule has 2 N–H and O–H groups in total. The molecule has 2 heterocycles. The van der Waals surface area contributed by atoms with Gasteiger partial charge in [-0.1, -0.05) is 12.8 Å². The van der Waals surface area contributed by atoms with E-state index in [1.807, 2.05) is 27.7 Å². The first-order valence-corrected chi connectivity index (χ1v) is 12.3. The Morgan fingerprint density at radius 2 is 1.94 bits per heavy atom. The molecule has 0 atom stereocenters. The first kappa shape index (κ1) is 24.8. The molecule has 0 bridgehead atoms. The lowest BCUT2D eigenvalue weighted by Crippen LogP contribution is -2.45. The average Bonchev–Trinajstić information content (AvgIpc) is 3.34. The minimum atomic E-state index is -0.540. The highest BCUT2D eigenvalue weighted by Crippen LogP contribution is 2.40. The van der Waals surface area contributed by atoms with Crippen molar-refractivity contribution in [3.8, 4) is 5.75 Å². The van der Waals surface area contributed by atoms with E-state index in [1.165, 1.54) is 12.8 Å². The highest BCUT2D eigenvalue weighted by molar-refractivity contribution is 6.01. The van der Waals surface area contributed by atoms with Crippen LogP contribution < -0.4 is 25.2 Å². The van der Waals surface area contributed by atoms with E-state index < -0.39 is 5.41 Å². The molecule has 9 nitrogen and oxygen atoms in total. The zero-order valence-corrected chi connectivity index (χ0v) is 21.5. The second-order valence-corrected chi connectivity index (χ2v) is 10.4. The lowest BCUT2D eigenvalue weighted by molar-refractivity contribution is -0.125. The Hall–Kier alpha value is -3.36. The van der Waals surface area contributed by atoms with E-state index in [0.717, 1.165) is 18.7 Å². The van der Waals surface area contributed by atoms with Crippen LogP contribution in [0.2, 0.25) is 0 Å². The maximum Gasteiger partial charge on any atom is 0.251 e. The van der Waals surface area contributed by atoms with Crippen molar-refractivity contribution in [1.29, 1.82) is 0 Å². The molecule has 0 saturated heterocycles. The topological polar surface area (TPSA) is 99.7 Å². The molecule has 1 aliphatic carbocycles. The summed E-state index contributed by atoms with van der Waals surface area (Å²) in [5.74, 6) is 1.59. The molecular weight excluding hydrogens is 444 g/mol. The molecule has 35 heavy (non-hydrogen) atoms. The molecule has 2 aromatic rings.